The number of nitrogens with one attached hydrogen (secondary N) is 1. The molecule has 0 saturated carbocycles. The number of nitrogens with zero attached hydrogens (tertiary/aromatic N) is 2. The summed E-state index contributed by atoms with van der Waals surface area (Å²) in [6, 6.07) is 25.8. The number of halogens is 1. The van der Waals surface area contributed by atoms with Gasteiger partial charge in [0.15, 0.2) is 0 Å². The number of amides is 1. The van der Waals surface area contributed by atoms with E-state index in [2.05, 4.69) is 15.5 Å². The van der Waals surface area contributed by atoms with E-state index >= 15 is 0 Å². The van der Waals surface area contributed by atoms with Gasteiger partial charge < -0.3 is 9.84 Å². The summed E-state index contributed by atoms with van der Waals surface area (Å²) in [7, 11) is 0. The van der Waals surface area contributed by atoms with Crippen molar-refractivity contribution in [3.05, 3.63) is 107 Å². The molecule has 0 spiro atoms. The monoisotopic (exact) mass is 403 g/mol. The standard InChI is InChI=1S/C23H18ClN3O2/c24-19-14-8-7-13-18(19)22(28)25-20(15-16-9-3-1-4-10-16)23-26-21(27-29-23)17-11-5-2-6-12-17/h1-14,20H,15H2,(H,25,28)/t20-/m1/s1. The zero-order valence-corrected chi connectivity index (χ0v) is 16.2. The van der Waals surface area contributed by atoms with Gasteiger partial charge in [-0.1, -0.05) is 89.6 Å². The topological polar surface area (TPSA) is 68.0 Å². The van der Waals surface area contributed by atoms with Crippen LogP contribution < -0.4 is 5.32 Å². The molecule has 0 bridgehead atoms. The molecule has 0 unspecified atom stereocenters. The Kier molecular flexibility index (Phi) is 5.68. The van der Waals surface area contributed by atoms with Crippen molar-refractivity contribution >= 4 is 17.5 Å². The molecule has 1 amide bonds. The van der Waals surface area contributed by atoms with Crippen molar-refractivity contribution in [3.63, 3.8) is 0 Å². The fourth-order valence-electron chi connectivity index (χ4n) is 3.01. The van der Waals surface area contributed by atoms with E-state index in [1.165, 1.54) is 0 Å². The van der Waals surface area contributed by atoms with Crippen LogP contribution in [0.5, 0.6) is 0 Å². The summed E-state index contributed by atoms with van der Waals surface area (Å²) in [6.45, 7) is 0. The van der Waals surface area contributed by atoms with Crippen LogP contribution in [0, 0.1) is 0 Å². The Labute approximate surface area is 173 Å². The number of rotatable bonds is 6. The van der Waals surface area contributed by atoms with Crippen molar-refractivity contribution in [2.24, 2.45) is 0 Å². The van der Waals surface area contributed by atoms with Gasteiger partial charge in [0.2, 0.25) is 11.7 Å². The SMILES string of the molecule is O=C(N[C@H](Cc1ccccc1)c1nc(-c2ccccc2)no1)c1ccccc1Cl. The van der Waals surface area contributed by atoms with Crippen LogP contribution in [-0.4, -0.2) is 16.0 Å². The lowest BCUT2D eigenvalue weighted by Crippen LogP contribution is -2.30. The molecule has 0 aliphatic carbocycles. The smallest absolute Gasteiger partial charge is 0.253 e. The van der Waals surface area contributed by atoms with E-state index in [0.717, 1.165) is 11.1 Å². The molecule has 29 heavy (non-hydrogen) atoms. The van der Waals surface area contributed by atoms with E-state index in [1.807, 2.05) is 60.7 Å². The fraction of sp³-hybridized carbons (Fsp3) is 0.0870. The van der Waals surface area contributed by atoms with Gasteiger partial charge in [-0.05, 0) is 17.7 Å². The van der Waals surface area contributed by atoms with Crippen LogP contribution in [0.25, 0.3) is 11.4 Å². The lowest BCUT2D eigenvalue weighted by atomic mass is 10.1. The maximum atomic E-state index is 12.8. The van der Waals surface area contributed by atoms with Gasteiger partial charge in [0, 0.05) is 12.0 Å². The van der Waals surface area contributed by atoms with Crippen molar-refractivity contribution in [1.29, 1.82) is 0 Å². The number of hydrogen-bond donors (Lipinski definition) is 1. The van der Waals surface area contributed by atoms with Gasteiger partial charge in [-0.3, -0.25) is 4.79 Å². The highest BCUT2D eigenvalue weighted by Gasteiger charge is 2.23. The molecule has 0 aliphatic heterocycles. The number of hydrogen-bond acceptors (Lipinski definition) is 4. The van der Waals surface area contributed by atoms with Gasteiger partial charge >= 0.3 is 0 Å². The Morgan fingerprint density at radius 2 is 1.59 bits per heavy atom. The number of aromatic nitrogens is 2. The van der Waals surface area contributed by atoms with Crippen LogP contribution in [0.2, 0.25) is 5.02 Å². The predicted octanol–water partition coefficient (Wildman–Crippen LogP) is 5.10. The maximum Gasteiger partial charge on any atom is 0.253 e. The van der Waals surface area contributed by atoms with Crippen molar-refractivity contribution in [3.8, 4) is 11.4 Å². The molecule has 1 aromatic heterocycles. The zero-order chi connectivity index (χ0) is 20.1. The molecule has 1 heterocycles. The normalized spacial score (nSPS) is 11.8. The average Bonchev–Trinajstić information content (AvgIpc) is 3.25. The number of benzene rings is 3. The summed E-state index contributed by atoms with van der Waals surface area (Å²) in [5.74, 6) is 0.523. The van der Waals surface area contributed by atoms with Crippen molar-refractivity contribution in [1.82, 2.24) is 15.5 Å². The first kappa shape index (κ1) is 18.9. The van der Waals surface area contributed by atoms with Crippen LogP contribution in [0.15, 0.2) is 89.5 Å². The van der Waals surface area contributed by atoms with Gasteiger partial charge in [0.05, 0.1) is 10.6 Å². The number of carbonyl (C=O) groups excluding carboxylic acids is 1. The largest absolute Gasteiger partial charge is 0.340 e. The minimum absolute atomic E-state index is 0.295. The lowest BCUT2D eigenvalue weighted by molar-refractivity contribution is 0.0928. The Morgan fingerprint density at radius 1 is 0.931 bits per heavy atom. The first-order valence-corrected chi connectivity index (χ1v) is 9.57. The molecular formula is C23H18ClN3O2. The molecule has 0 fully saturated rings. The Morgan fingerprint density at radius 3 is 2.31 bits per heavy atom. The summed E-state index contributed by atoms with van der Waals surface area (Å²) in [5, 5.41) is 7.46. The highest BCUT2D eigenvalue weighted by atomic mass is 35.5. The van der Waals surface area contributed by atoms with Gasteiger partial charge in [-0.2, -0.15) is 4.98 Å². The second kappa shape index (κ2) is 8.71. The average molecular weight is 404 g/mol. The Balaban J connectivity index is 1.63. The molecule has 0 saturated heterocycles. The maximum absolute atomic E-state index is 12.8. The molecule has 4 aromatic rings. The molecule has 1 atom stereocenters. The van der Waals surface area contributed by atoms with Crippen molar-refractivity contribution < 1.29 is 9.32 Å². The van der Waals surface area contributed by atoms with E-state index in [4.69, 9.17) is 16.1 Å². The van der Waals surface area contributed by atoms with Gasteiger partial charge in [0.25, 0.3) is 5.91 Å². The molecule has 3 aromatic carbocycles. The third kappa shape index (κ3) is 4.52. The zero-order valence-electron chi connectivity index (χ0n) is 15.5. The van der Waals surface area contributed by atoms with Crippen LogP contribution >= 0.6 is 11.6 Å². The van der Waals surface area contributed by atoms with Crippen molar-refractivity contribution in [2.75, 3.05) is 0 Å². The summed E-state index contributed by atoms with van der Waals surface area (Å²) in [6.07, 6.45) is 0.507. The second-order valence-corrected chi connectivity index (χ2v) is 6.93. The minimum atomic E-state index is -0.494. The van der Waals surface area contributed by atoms with Gasteiger partial charge in [0.1, 0.15) is 6.04 Å². The van der Waals surface area contributed by atoms with E-state index < -0.39 is 6.04 Å². The molecule has 4 rings (SSSR count). The third-order valence-electron chi connectivity index (χ3n) is 4.48. The molecule has 6 heteroatoms. The molecule has 144 valence electrons. The molecule has 0 aliphatic rings. The van der Waals surface area contributed by atoms with Crippen LogP contribution in [0.4, 0.5) is 0 Å². The highest BCUT2D eigenvalue weighted by Crippen LogP contribution is 2.23. The Hall–Kier alpha value is -3.44. The van der Waals surface area contributed by atoms with Gasteiger partial charge in [-0.15, -0.1) is 0 Å². The molecule has 0 radical (unpaired) electrons. The first-order valence-electron chi connectivity index (χ1n) is 9.19. The van der Waals surface area contributed by atoms with Crippen LogP contribution in [0.1, 0.15) is 27.9 Å². The lowest BCUT2D eigenvalue weighted by Gasteiger charge is -2.16. The van der Waals surface area contributed by atoms with E-state index in [-0.39, 0.29) is 5.91 Å². The van der Waals surface area contributed by atoms with Gasteiger partial charge in [-0.25, -0.2) is 0 Å². The van der Waals surface area contributed by atoms with Crippen molar-refractivity contribution in [2.45, 2.75) is 12.5 Å². The summed E-state index contributed by atoms with van der Waals surface area (Å²) >= 11 is 6.18. The number of carbonyl (C=O) groups is 1. The minimum Gasteiger partial charge on any atom is -0.340 e. The van der Waals surface area contributed by atoms with E-state index in [0.29, 0.717) is 28.7 Å². The molecular weight excluding hydrogens is 386 g/mol. The molecule has 1 N–H and O–H groups in total. The quantitative estimate of drug-likeness (QED) is 0.486. The summed E-state index contributed by atoms with van der Waals surface area (Å²) < 4.78 is 5.51. The second-order valence-electron chi connectivity index (χ2n) is 6.52. The Bertz CT molecular complexity index is 1100. The first-order chi connectivity index (χ1) is 14.2. The van der Waals surface area contributed by atoms with E-state index in [1.54, 1.807) is 24.3 Å². The van der Waals surface area contributed by atoms with Crippen LogP contribution in [-0.2, 0) is 6.42 Å². The van der Waals surface area contributed by atoms with E-state index in [9.17, 15) is 4.79 Å². The van der Waals surface area contributed by atoms with Crippen LogP contribution in [0.3, 0.4) is 0 Å². The molecule has 5 nitrogen and oxygen atoms in total. The summed E-state index contributed by atoms with van der Waals surface area (Å²) in [4.78, 5) is 17.4. The third-order valence-corrected chi connectivity index (χ3v) is 4.81. The highest BCUT2D eigenvalue weighted by molar-refractivity contribution is 6.33. The summed E-state index contributed by atoms with van der Waals surface area (Å²) in [5.41, 5.74) is 2.28. The fourth-order valence-corrected chi connectivity index (χ4v) is 3.23. The predicted molar refractivity (Wildman–Crippen MR) is 112 cm³/mol.